The van der Waals surface area contributed by atoms with E-state index in [4.69, 9.17) is 14.6 Å². The molecule has 0 bridgehead atoms. The summed E-state index contributed by atoms with van der Waals surface area (Å²) >= 11 is 0. The fourth-order valence-corrected chi connectivity index (χ4v) is 1.80. The highest BCUT2D eigenvalue weighted by molar-refractivity contribution is 5.81. The van der Waals surface area contributed by atoms with Gasteiger partial charge >= 0.3 is 0 Å². The molecule has 0 unspecified atom stereocenters. The van der Waals surface area contributed by atoms with Crippen molar-refractivity contribution in [3.05, 3.63) is 12.1 Å². The van der Waals surface area contributed by atoms with Gasteiger partial charge in [-0.3, -0.25) is 0 Å². The third kappa shape index (κ3) is 1.87. The Hall–Kier alpha value is -1.95. The molecule has 6 heteroatoms. The zero-order valence-corrected chi connectivity index (χ0v) is 9.19. The Morgan fingerprint density at radius 3 is 2.82 bits per heavy atom. The summed E-state index contributed by atoms with van der Waals surface area (Å²) in [5.74, 6) is 2.10. The number of H-pyrrole nitrogens is 1. The van der Waals surface area contributed by atoms with E-state index < -0.39 is 0 Å². The normalized spacial score (nSPS) is 13.9. The predicted octanol–water partition coefficient (Wildman–Crippen LogP) is 0.738. The number of rotatable bonds is 3. The summed E-state index contributed by atoms with van der Waals surface area (Å²) in [7, 11) is 0. The number of nitrogens with zero attached hydrogens (tertiary/aromatic N) is 1. The Bertz CT molecular complexity index is 495. The maximum Gasteiger partial charge on any atom is 0.201 e. The zero-order chi connectivity index (χ0) is 11.7. The van der Waals surface area contributed by atoms with Crippen LogP contribution in [-0.4, -0.2) is 41.4 Å². The highest BCUT2D eigenvalue weighted by atomic mass is 16.6. The molecule has 0 spiro atoms. The van der Waals surface area contributed by atoms with Crippen LogP contribution >= 0.6 is 0 Å². The molecule has 0 amide bonds. The van der Waals surface area contributed by atoms with E-state index in [0.717, 1.165) is 22.5 Å². The van der Waals surface area contributed by atoms with Crippen LogP contribution < -0.4 is 14.8 Å². The molecule has 1 aromatic carbocycles. The van der Waals surface area contributed by atoms with Gasteiger partial charge in [0.2, 0.25) is 5.95 Å². The quantitative estimate of drug-likeness (QED) is 0.731. The van der Waals surface area contributed by atoms with Crippen LogP contribution in [0.2, 0.25) is 0 Å². The number of ether oxygens (including phenoxy) is 2. The molecule has 0 saturated carbocycles. The predicted molar refractivity (Wildman–Crippen MR) is 62.7 cm³/mol. The lowest BCUT2D eigenvalue weighted by Crippen LogP contribution is -2.15. The van der Waals surface area contributed by atoms with Gasteiger partial charge in [-0.25, -0.2) is 4.98 Å². The van der Waals surface area contributed by atoms with Gasteiger partial charge in [-0.1, -0.05) is 0 Å². The van der Waals surface area contributed by atoms with E-state index in [9.17, 15) is 0 Å². The van der Waals surface area contributed by atoms with Crippen LogP contribution in [-0.2, 0) is 0 Å². The van der Waals surface area contributed by atoms with Crippen molar-refractivity contribution in [3.63, 3.8) is 0 Å². The molecule has 0 radical (unpaired) electrons. The van der Waals surface area contributed by atoms with Gasteiger partial charge in [0.05, 0.1) is 17.6 Å². The van der Waals surface area contributed by atoms with Crippen LogP contribution in [0.3, 0.4) is 0 Å². The van der Waals surface area contributed by atoms with Gasteiger partial charge < -0.3 is 24.9 Å². The van der Waals surface area contributed by atoms with E-state index in [0.29, 0.717) is 25.7 Å². The first-order valence-corrected chi connectivity index (χ1v) is 5.51. The van der Waals surface area contributed by atoms with Gasteiger partial charge in [0.1, 0.15) is 13.2 Å². The Morgan fingerprint density at radius 2 is 2.06 bits per heavy atom. The number of aliphatic hydroxyl groups excluding tert-OH is 1. The molecule has 0 fully saturated rings. The smallest absolute Gasteiger partial charge is 0.201 e. The van der Waals surface area contributed by atoms with E-state index >= 15 is 0 Å². The van der Waals surface area contributed by atoms with Crippen molar-refractivity contribution in [3.8, 4) is 11.5 Å². The van der Waals surface area contributed by atoms with Crippen molar-refractivity contribution in [2.45, 2.75) is 0 Å². The highest BCUT2D eigenvalue weighted by Gasteiger charge is 2.14. The minimum Gasteiger partial charge on any atom is -0.486 e. The second-order valence-electron chi connectivity index (χ2n) is 3.75. The second kappa shape index (κ2) is 4.14. The molecule has 90 valence electrons. The van der Waals surface area contributed by atoms with Gasteiger partial charge in [0.15, 0.2) is 11.5 Å². The van der Waals surface area contributed by atoms with Crippen molar-refractivity contribution in [2.75, 3.05) is 31.7 Å². The molecule has 1 aromatic heterocycles. The van der Waals surface area contributed by atoms with Gasteiger partial charge in [0.25, 0.3) is 0 Å². The number of hydrogen-bond acceptors (Lipinski definition) is 5. The number of hydrogen-bond donors (Lipinski definition) is 3. The van der Waals surface area contributed by atoms with Crippen molar-refractivity contribution in [1.29, 1.82) is 0 Å². The number of aromatic nitrogens is 2. The Balaban J connectivity index is 1.98. The third-order valence-corrected chi connectivity index (χ3v) is 2.55. The number of anilines is 1. The van der Waals surface area contributed by atoms with Crippen LogP contribution in [0.25, 0.3) is 11.0 Å². The molecule has 3 rings (SSSR count). The van der Waals surface area contributed by atoms with Gasteiger partial charge in [-0.15, -0.1) is 0 Å². The number of aliphatic hydroxyl groups is 1. The van der Waals surface area contributed by atoms with Crippen molar-refractivity contribution in [2.24, 2.45) is 0 Å². The Labute approximate surface area is 97.6 Å². The van der Waals surface area contributed by atoms with E-state index in [2.05, 4.69) is 15.3 Å². The summed E-state index contributed by atoms with van der Waals surface area (Å²) in [5.41, 5.74) is 1.70. The van der Waals surface area contributed by atoms with Gasteiger partial charge in [-0.05, 0) is 0 Å². The van der Waals surface area contributed by atoms with Crippen LogP contribution in [0.4, 0.5) is 5.95 Å². The maximum absolute atomic E-state index is 8.73. The van der Waals surface area contributed by atoms with Crippen LogP contribution in [0.1, 0.15) is 0 Å². The first kappa shape index (κ1) is 10.2. The zero-order valence-electron chi connectivity index (χ0n) is 9.19. The van der Waals surface area contributed by atoms with Crippen LogP contribution in [0, 0.1) is 0 Å². The van der Waals surface area contributed by atoms with Crippen molar-refractivity contribution in [1.82, 2.24) is 9.97 Å². The summed E-state index contributed by atoms with van der Waals surface area (Å²) in [6, 6.07) is 3.73. The van der Waals surface area contributed by atoms with E-state index in [1.807, 2.05) is 12.1 Å². The first-order valence-electron chi connectivity index (χ1n) is 5.51. The lowest BCUT2D eigenvalue weighted by Gasteiger charge is -2.17. The van der Waals surface area contributed by atoms with Gasteiger partial charge in [0, 0.05) is 18.7 Å². The SMILES string of the molecule is OCCNc1nc2cc3c(cc2[nH]1)OCCO3. The molecular weight excluding hydrogens is 222 g/mol. The van der Waals surface area contributed by atoms with Gasteiger partial charge in [-0.2, -0.15) is 0 Å². The molecule has 2 heterocycles. The number of benzene rings is 1. The fourth-order valence-electron chi connectivity index (χ4n) is 1.80. The van der Waals surface area contributed by atoms with Crippen molar-refractivity contribution < 1.29 is 14.6 Å². The first-order chi connectivity index (χ1) is 8.36. The number of fused-ring (bicyclic) bond motifs is 2. The minimum atomic E-state index is 0.0692. The molecule has 6 nitrogen and oxygen atoms in total. The standard InChI is InChI=1S/C11H13N3O3/c15-2-1-12-11-13-7-5-9-10(6-8(7)14-11)17-4-3-16-9/h5-6,15H,1-4H2,(H2,12,13,14). The lowest BCUT2D eigenvalue weighted by atomic mass is 10.2. The van der Waals surface area contributed by atoms with E-state index in [1.54, 1.807) is 0 Å². The Morgan fingerprint density at radius 1 is 1.29 bits per heavy atom. The second-order valence-corrected chi connectivity index (χ2v) is 3.75. The largest absolute Gasteiger partial charge is 0.486 e. The Kier molecular flexibility index (Phi) is 2.49. The summed E-state index contributed by atoms with van der Waals surface area (Å²) < 4.78 is 11.0. The fraction of sp³-hybridized carbons (Fsp3) is 0.364. The molecular formula is C11H13N3O3. The summed E-state index contributed by atoms with van der Waals surface area (Å²) in [6.07, 6.45) is 0. The summed E-state index contributed by atoms with van der Waals surface area (Å²) in [6.45, 7) is 1.67. The minimum absolute atomic E-state index is 0.0692. The average Bonchev–Trinajstić information content (AvgIpc) is 2.75. The number of imidazole rings is 1. The molecule has 1 aliphatic heterocycles. The van der Waals surface area contributed by atoms with Crippen molar-refractivity contribution >= 4 is 17.0 Å². The maximum atomic E-state index is 8.73. The number of nitrogens with one attached hydrogen (secondary N) is 2. The highest BCUT2D eigenvalue weighted by Crippen LogP contribution is 2.34. The molecule has 0 saturated heterocycles. The molecule has 0 aliphatic carbocycles. The molecule has 17 heavy (non-hydrogen) atoms. The van der Waals surface area contributed by atoms with E-state index in [1.165, 1.54) is 0 Å². The molecule has 0 atom stereocenters. The molecule has 1 aliphatic rings. The molecule has 3 N–H and O–H groups in total. The lowest BCUT2D eigenvalue weighted by molar-refractivity contribution is 0.172. The average molecular weight is 235 g/mol. The summed E-state index contributed by atoms with van der Waals surface area (Å²) in [5, 5.41) is 11.7. The monoisotopic (exact) mass is 235 g/mol. The topological polar surface area (TPSA) is 79.4 Å². The van der Waals surface area contributed by atoms with Crippen LogP contribution in [0.5, 0.6) is 11.5 Å². The van der Waals surface area contributed by atoms with E-state index in [-0.39, 0.29) is 6.61 Å². The number of aromatic amines is 1. The third-order valence-electron chi connectivity index (χ3n) is 2.55. The molecule has 2 aromatic rings. The van der Waals surface area contributed by atoms with Crippen LogP contribution in [0.15, 0.2) is 12.1 Å². The summed E-state index contributed by atoms with van der Waals surface area (Å²) in [4.78, 5) is 7.46.